The van der Waals surface area contributed by atoms with Gasteiger partial charge >= 0.3 is 18.7 Å². The van der Waals surface area contributed by atoms with Crippen molar-refractivity contribution >= 4 is 5.69 Å². The molecule has 1 atom stereocenters. The molecule has 200 valence electrons. The fraction of sp³-hybridized carbons (Fsp3) is 0.250. The van der Waals surface area contributed by atoms with Crippen molar-refractivity contribution in [3.63, 3.8) is 0 Å². The fourth-order valence-corrected chi connectivity index (χ4v) is 3.14. The molecule has 0 spiro atoms. The predicted octanol–water partition coefficient (Wildman–Crippen LogP) is 6.92. The van der Waals surface area contributed by atoms with Crippen molar-refractivity contribution in [3.8, 4) is 17.2 Å². The van der Waals surface area contributed by atoms with Gasteiger partial charge in [-0.1, -0.05) is 24.3 Å². The number of aliphatic hydroxyl groups is 1. The van der Waals surface area contributed by atoms with Crippen molar-refractivity contribution in [1.82, 2.24) is 0 Å². The summed E-state index contributed by atoms with van der Waals surface area (Å²) in [5, 5.41) is 9.64. The minimum atomic E-state index is -5.01. The number of ether oxygens (including phenoxy) is 2. The summed E-state index contributed by atoms with van der Waals surface area (Å²) in [7, 11) is 0. The average molecular weight is 539 g/mol. The van der Waals surface area contributed by atoms with E-state index >= 15 is 0 Å². The van der Waals surface area contributed by atoms with Gasteiger partial charge in [-0.3, -0.25) is 0 Å². The predicted molar refractivity (Wildman–Crippen MR) is 114 cm³/mol. The highest BCUT2D eigenvalue weighted by molar-refractivity contribution is 5.52. The molecular formula is C24H18F9NO3. The molecule has 0 radical (unpaired) electrons. The van der Waals surface area contributed by atoms with Gasteiger partial charge < -0.3 is 19.5 Å². The van der Waals surface area contributed by atoms with E-state index in [2.05, 4.69) is 4.74 Å². The van der Waals surface area contributed by atoms with E-state index in [1.807, 2.05) is 0 Å². The second kappa shape index (κ2) is 11.2. The zero-order valence-corrected chi connectivity index (χ0v) is 18.5. The minimum Gasteiger partial charge on any atom is -0.454 e. The van der Waals surface area contributed by atoms with Gasteiger partial charge in [0, 0.05) is 18.3 Å². The number of nitrogens with zero attached hydrogens (tertiary/aromatic N) is 1. The van der Waals surface area contributed by atoms with Crippen LogP contribution in [0.15, 0.2) is 66.7 Å². The lowest BCUT2D eigenvalue weighted by atomic mass is 10.1. The number of rotatable bonds is 10. The summed E-state index contributed by atoms with van der Waals surface area (Å²) in [6.07, 6.45) is -16.8. The molecule has 0 bridgehead atoms. The van der Waals surface area contributed by atoms with E-state index < -0.39 is 61.0 Å². The second-order valence-corrected chi connectivity index (χ2v) is 7.70. The van der Waals surface area contributed by atoms with E-state index in [1.54, 1.807) is 0 Å². The van der Waals surface area contributed by atoms with Crippen LogP contribution in [0.4, 0.5) is 45.2 Å². The largest absolute Gasteiger partial charge is 0.461 e. The molecule has 0 aliphatic rings. The van der Waals surface area contributed by atoms with Crippen molar-refractivity contribution in [1.29, 1.82) is 0 Å². The highest BCUT2D eigenvalue weighted by Gasteiger charge is 2.44. The normalized spacial score (nSPS) is 12.9. The van der Waals surface area contributed by atoms with Gasteiger partial charge in [-0.15, -0.1) is 0 Å². The molecule has 3 aromatic rings. The summed E-state index contributed by atoms with van der Waals surface area (Å²) in [6, 6.07) is 12.6. The molecular weight excluding hydrogens is 521 g/mol. The van der Waals surface area contributed by atoms with Crippen molar-refractivity contribution < 1.29 is 54.1 Å². The summed E-state index contributed by atoms with van der Waals surface area (Å²) < 4.78 is 127. The maximum absolute atomic E-state index is 14.0. The molecule has 0 aromatic heterocycles. The molecule has 13 heteroatoms. The van der Waals surface area contributed by atoms with Crippen LogP contribution in [0, 0.1) is 11.6 Å². The van der Waals surface area contributed by atoms with Gasteiger partial charge in [0.25, 0.3) is 0 Å². The number of hydrogen-bond acceptors (Lipinski definition) is 4. The summed E-state index contributed by atoms with van der Waals surface area (Å²) in [5.74, 6) is -3.75. The molecule has 3 aromatic carbocycles. The number of hydrogen-bond donors (Lipinski definition) is 1. The molecule has 1 unspecified atom stereocenters. The Kier molecular flexibility index (Phi) is 8.46. The molecule has 1 N–H and O–H groups in total. The fourth-order valence-electron chi connectivity index (χ4n) is 3.14. The summed E-state index contributed by atoms with van der Waals surface area (Å²) in [5.41, 5.74) is 0.0845. The molecule has 0 amide bonds. The summed E-state index contributed by atoms with van der Waals surface area (Å²) in [4.78, 5) is 0.997. The maximum atomic E-state index is 14.0. The summed E-state index contributed by atoms with van der Waals surface area (Å²) >= 11 is 0. The van der Waals surface area contributed by atoms with Crippen LogP contribution >= 0.6 is 0 Å². The SMILES string of the molecule is OC(CN(Cc1cccc(OC(F)(F)C(F)F)c1)c1cccc(Oc2cccc(F)c2F)c1)C(F)(F)F. The lowest BCUT2D eigenvalue weighted by molar-refractivity contribution is -0.253. The van der Waals surface area contributed by atoms with Crippen molar-refractivity contribution in [2.24, 2.45) is 0 Å². The Balaban J connectivity index is 1.90. The van der Waals surface area contributed by atoms with Crippen LogP contribution in [-0.4, -0.2) is 36.5 Å². The molecule has 0 fully saturated rings. The quantitative estimate of drug-likeness (QED) is 0.284. The average Bonchev–Trinajstić information content (AvgIpc) is 2.81. The van der Waals surface area contributed by atoms with Gasteiger partial charge in [-0.25, -0.2) is 4.39 Å². The van der Waals surface area contributed by atoms with Gasteiger partial charge in [0.15, 0.2) is 17.7 Å². The van der Waals surface area contributed by atoms with E-state index in [-0.39, 0.29) is 17.0 Å². The molecule has 0 aliphatic carbocycles. The van der Waals surface area contributed by atoms with Gasteiger partial charge in [-0.2, -0.15) is 35.1 Å². The van der Waals surface area contributed by atoms with E-state index in [0.29, 0.717) is 0 Å². The third-order valence-electron chi connectivity index (χ3n) is 4.88. The van der Waals surface area contributed by atoms with Gasteiger partial charge in [-0.05, 0) is 42.0 Å². The van der Waals surface area contributed by atoms with Gasteiger partial charge in [0.05, 0.1) is 6.54 Å². The first-order chi connectivity index (χ1) is 17.3. The minimum absolute atomic E-state index is 0.0156. The van der Waals surface area contributed by atoms with E-state index in [9.17, 15) is 44.6 Å². The van der Waals surface area contributed by atoms with Crippen LogP contribution in [-0.2, 0) is 6.54 Å². The third-order valence-corrected chi connectivity index (χ3v) is 4.88. The lowest BCUT2D eigenvalue weighted by Crippen LogP contribution is -2.40. The van der Waals surface area contributed by atoms with Gasteiger partial charge in [0.2, 0.25) is 5.82 Å². The lowest BCUT2D eigenvalue weighted by Gasteiger charge is -2.29. The second-order valence-electron chi connectivity index (χ2n) is 7.70. The van der Waals surface area contributed by atoms with Crippen LogP contribution in [0.3, 0.4) is 0 Å². The highest BCUT2D eigenvalue weighted by Crippen LogP contribution is 2.32. The van der Waals surface area contributed by atoms with Crippen LogP contribution < -0.4 is 14.4 Å². The van der Waals surface area contributed by atoms with Crippen LogP contribution in [0.2, 0.25) is 0 Å². The Hall–Kier alpha value is -3.61. The standard InChI is InChI=1S/C24H18F9NO3/c25-18-8-3-9-19(21(18)26)36-16-6-2-5-15(11-16)34(13-20(35)23(29,30)31)12-14-4-1-7-17(10-14)37-24(32,33)22(27)28/h1-11,20,22,35H,12-13H2. The monoisotopic (exact) mass is 539 g/mol. The zero-order chi connectivity index (χ0) is 27.4. The van der Waals surface area contributed by atoms with Crippen LogP contribution in [0.5, 0.6) is 17.2 Å². The third kappa shape index (κ3) is 7.44. The molecule has 37 heavy (non-hydrogen) atoms. The van der Waals surface area contributed by atoms with Crippen LogP contribution in [0.1, 0.15) is 5.56 Å². The smallest absolute Gasteiger partial charge is 0.454 e. The number of benzene rings is 3. The van der Waals surface area contributed by atoms with Crippen molar-refractivity contribution in [2.45, 2.75) is 31.4 Å². The molecule has 4 nitrogen and oxygen atoms in total. The number of halogens is 9. The Morgan fingerprint density at radius 2 is 1.49 bits per heavy atom. The Labute approximate surface area is 204 Å². The van der Waals surface area contributed by atoms with Gasteiger partial charge in [0.1, 0.15) is 11.5 Å². The summed E-state index contributed by atoms with van der Waals surface area (Å²) in [6.45, 7) is -1.46. The Morgan fingerprint density at radius 1 is 0.838 bits per heavy atom. The Bertz CT molecular complexity index is 1200. The number of alkyl halides is 7. The van der Waals surface area contributed by atoms with E-state index in [0.717, 1.165) is 35.2 Å². The van der Waals surface area contributed by atoms with Crippen molar-refractivity contribution in [2.75, 3.05) is 11.4 Å². The van der Waals surface area contributed by atoms with E-state index in [1.165, 1.54) is 36.4 Å². The van der Waals surface area contributed by atoms with E-state index in [4.69, 9.17) is 4.74 Å². The first kappa shape index (κ1) is 28.0. The molecule has 0 saturated carbocycles. The number of aliphatic hydroxyl groups excluding tert-OH is 1. The number of anilines is 1. The maximum Gasteiger partial charge on any atom is 0.461 e. The molecule has 3 rings (SSSR count). The topological polar surface area (TPSA) is 41.9 Å². The highest BCUT2D eigenvalue weighted by atomic mass is 19.4. The molecule has 0 saturated heterocycles. The van der Waals surface area contributed by atoms with Crippen molar-refractivity contribution in [3.05, 3.63) is 83.9 Å². The zero-order valence-electron chi connectivity index (χ0n) is 18.5. The Morgan fingerprint density at radius 3 is 2.16 bits per heavy atom. The first-order valence-corrected chi connectivity index (χ1v) is 10.4. The van der Waals surface area contributed by atoms with Crippen LogP contribution in [0.25, 0.3) is 0 Å². The molecule has 0 heterocycles. The molecule has 0 aliphatic heterocycles. The first-order valence-electron chi connectivity index (χ1n) is 10.4.